The fourth-order valence-corrected chi connectivity index (χ4v) is 2.41. The van der Waals surface area contributed by atoms with Gasteiger partial charge in [-0.05, 0) is 43.9 Å². The molecule has 0 aliphatic heterocycles. The van der Waals surface area contributed by atoms with Gasteiger partial charge in [0.25, 0.3) is 0 Å². The molecule has 3 rings (SSSR count). The van der Waals surface area contributed by atoms with E-state index in [4.69, 9.17) is 10.5 Å². The van der Waals surface area contributed by atoms with E-state index in [1.807, 2.05) is 0 Å². The normalized spacial score (nSPS) is 18.1. The first-order valence-electron chi connectivity index (χ1n) is 7.76. The van der Waals surface area contributed by atoms with Crippen LogP contribution in [0.15, 0.2) is 6.33 Å². The number of aromatic nitrogens is 2. The third-order valence-corrected chi connectivity index (χ3v) is 3.92. The Kier molecular flexibility index (Phi) is 3.94. The average molecular weight is 276 g/mol. The molecule has 0 unspecified atom stereocenters. The highest BCUT2D eigenvalue weighted by Crippen LogP contribution is 2.37. The molecule has 1 heterocycles. The number of hydrogen-bond donors (Lipinski definition) is 1. The first-order chi connectivity index (χ1) is 9.78. The molecular weight excluding hydrogens is 252 g/mol. The maximum atomic E-state index is 6.23. The van der Waals surface area contributed by atoms with E-state index in [1.165, 1.54) is 25.7 Å². The van der Waals surface area contributed by atoms with E-state index >= 15 is 0 Å². The van der Waals surface area contributed by atoms with E-state index in [1.54, 1.807) is 6.33 Å². The Bertz CT molecular complexity index is 443. The van der Waals surface area contributed by atoms with Crippen molar-refractivity contribution >= 4 is 11.5 Å². The number of nitrogens with zero attached hydrogens (tertiary/aromatic N) is 3. The van der Waals surface area contributed by atoms with Crippen LogP contribution in [0.4, 0.5) is 11.5 Å². The molecule has 0 atom stereocenters. The Morgan fingerprint density at radius 2 is 1.85 bits per heavy atom. The molecule has 110 valence electrons. The second kappa shape index (κ2) is 5.85. The Hall–Kier alpha value is -1.52. The lowest BCUT2D eigenvalue weighted by atomic mass is 10.3. The standard InChI is InChI=1S/C15H24N4O/c1-2-7-20-15-13(16)14(17-10-18-15)19(8-11-3-4-11)9-12-5-6-12/h10-12H,2-9,16H2,1H3. The molecule has 0 radical (unpaired) electrons. The van der Waals surface area contributed by atoms with Gasteiger partial charge in [-0.3, -0.25) is 0 Å². The molecule has 0 spiro atoms. The highest BCUT2D eigenvalue weighted by Gasteiger charge is 2.31. The monoisotopic (exact) mass is 276 g/mol. The summed E-state index contributed by atoms with van der Waals surface area (Å²) in [6.45, 7) is 4.87. The molecule has 2 aliphatic carbocycles. The van der Waals surface area contributed by atoms with Gasteiger partial charge in [-0.2, -0.15) is 4.98 Å². The summed E-state index contributed by atoms with van der Waals surface area (Å²) >= 11 is 0. The number of anilines is 2. The summed E-state index contributed by atoms with van der Waals surface area (Å²) in [5, 5.41) is 0. The SMILES string of the molecule is CCCOc1ncnc(N(CC2CC2)CC2CC2)c1N. The number of nitrogens with two attached hydrogens (primary N) is 1. The molecule has 5 nitrogen and oxygen atoms in total. The van der Waals surface area contributed by atoms with Crippen molar-refractivity contribution in [2.24, 2.45) is 11.8 Å². The van der Waals surface area contributed by atoms with E-state index in [0.29, 0.717) is 18.2 Å². The lowest BCUT2D eigenvalue weighted by molar-refractivity contribution is 0.306. The predicted molar refractivity (Wildman–Crippen MR) is 79.9 cm³/mol. The van der Waals surface area contributed by atoms with Gasteiger partial charge < -0.3 is 15.4 Å². The van der Waals surface area contributed by atoms with Crippen LogP contribution in [0, 0.1) is 11.8 Å². The van der Waals surface area contributed by atoms with Gasteiger partial charge in [-0.25, -0.2) is 4.98 Å². The highest BCUT2D eigenvalue weighted by molar-refractivity contribution is 5.67. The summed E-state index contributed by atoms with van der Waals surface area (Å²) in [6, 6.07) is 0. The van der Waals surface area contributed by atoms with Gasteiger partial charge in [-0.1, -0.05) is 6.92 Å². The molecule has 2 saturated carbocycles. The molecule has 0 aromatic carbocycles. The molecule has 0 amide bonds. The molecule has 1 aromatic heterocycles. The molecule has 20 heavy (non-hydrogen) atoms. The number of hydrogen-bond acceptors (Lipinski definition) is 5. The number of rotatable bonds is 8. The van der Waals surface area contributed by atoms with Crippen molar-refractivity contribution in [3.05, 3.63) is 6.33 Å². The summed E-state index contributed by atoms with van der Waals surface area (Å²) in [4.78, 5) is 10.9. The maximum Gasteiger partial charge on any atom is 0.242 e. The molecule has 2 N–H and O–H groups in total. The average Bonchev–Trinajstić information content (AvgIpc) is 3.32. The second-order valence-corrected chi connectivity index (χ2v) is 6.06. The van der Waals surface area contributed by atoms with Crippen molar-refractivity contribution in [3.8, 4) is 5.88 Å². The van der Waals surface area contributed by atoms with Gasteiger partial charge in [-0.15, -0.1) is 0 Å². The zero-order valence-corrected chi connectivity index (χ0v) is 12.2. The first-order valence-corrected chi connectivity index (χ1v) is 7.76. The summed E-state index contributed by atoms with van der Waals surface area (Å²) in [6.07, 6.45) is 7.88. The van der Waals surface area contributed by atoms with Crippen molar-refractivity contribution in [2.45, 2.75) is 39.0 Å². The summed E-state index contributed by atoms with van der Waals surface area (Å²) in [7, 11) is 0. The molecule has 5 heteroatoms. The summed E-state index contributed by atoms with van der Waals surface area (Å²) in [5.74, 6) is 3.05. The zero-order valence-electron chi connectivity index (χ0n) is 12.2. The molecular formula is C15H24N4O. The fraction of sp³-hybridized carbons (Fsp3) is 0.733. The van der Waals surface area contributed by atoms with E-state index in [-0.39, 0.29) is 0 Å². The van der Waals surface area contributed by atoms with Gasteiger partial charge >= 0.3 is 0 Å². The van der Waals surface area contributed by atoms with E-state index in [9.17, 15) is 0 Å². The molecule has 2 fully saturated rings. The lowest BCUT2D eigenvalue weighted by Gasteiger charge is -2.25. The molecule has 0 bridgehead atoms. The Balaban J connectivity index is 1.76. The topological polar surface area (TPSA) is 64.3 Å². The Morgan fingerprint density at radius 3 is 2.40 bits per heavy atom. The summed E-state index contributed by atoms with van der Waals surface area (Å²) in [5.41, 5.74) is 6.82. The molecule has 1 aromatic rings. The zero-order chi connectivity index (χ0) is 13.9. The van der Waals surface area contributed by atoms with Crippen LogP contribution in [0.3, 0.4) is 0 Å². The molecule has 2 aliphatic rings. The predicted octanol–water partition coefficient (Wildman–Crippen LogP) is 2.47. The summed E-state index contributed by atoms with van der Waals surface area (Å²) < 4.78 is 5.62. The van der Waals surface area contributed by atoms with Gasteiger partial charge in [0, 0.05) is 13.1 Å². The van der Waals surface area contributed by atoms with Crippen LogP contribution in [-0.2, 0) is 0 Å². The van der Waals surface area contributed by atoms with E-state index < -0.39 is 0 Å². The third-order valence-electron chi connectivity index (χ3n) is 3.92. The van der Waals surface area contributed by atoms with E-state index in [2.05, 4.69) is 21.8 Å². The highest BCUT2D eigenvalue weighted by atomic mass is 16.5. The van der Waals surface area contributed by atoms with Crippen molar-refractivity contribution in [1.29, 1.82) is 0 Å². The van der Waals surface area contributed by atoms with E-state index in [0.717, 1.165) is 37.2 Å². The van der Waals surface area contributed by atoms with Crippen molar-refractivity contribution in [2.75, 3.05) is 30.3 Å². The van der Waals surface area contributed by atoms with Crippen LogP contribution < -0.4 is 15.4 Å². The molecule has 0 saturated heterocycles. The van der Waals surface area contributed by atoms with Crippen LogP contribution >= 0.6 is 0 Å². The fourth-order valence-electron chi connectivity index (χ4n) is 2.41. The van der Waals surface area contributed by atoms with Crippen LogP contribution in [0.2, 0.25) is 0 Å². The number of ether oxygens (including phenoxy) is 1. The maximum absolute atomic E-state index is 6.23. The second-order valence-electron chi connectivity index (χ2n) is 6.06. The van der Waals surface area contributed by atoms with Gasteiger partial charge in [0.05, 0.1) is 6.61 Å². The minimum Gasteiger partial charge on any atom is -0.476 e. The Labute approximate surface area is 120 Å². The van der Waals surface area contributed by atoms with Gasteiger partial charge in [0.15, 0.2) is 5.82 Å². The van der Waals surface area contributed by atoms with Crippen LogP contribution in [0.5, 0.6) is 5.88 Å². The smallest absolute Gasteiger partial charge is 0.242 e. The minimum atomic E-state index is 0.536. The Morgan fingerprint density at radius 1 is 1.20 bits per heavy atom. The van der Waals surface area contributed by atoms with Gasteiger partial charge in [0.1, 0.15) is 12.0 Å². The third kappa shape index (κ3) is 3.32. The van der Waals surface area contributed by atoms with Crippen LogP contribution in [-0.4, -0.2) is 29.7 Å². The van der Waals surface area contributed by atoms with Gasteiger partial charge in [0.2, 0.25) is 5.88 Å². The lowest BCUT2D eigenvalue weighted by Crippen LogP contribution is -2.30. The van der Waals surface area contributed by atoms with Crippen molar-refractivity contribution in [1.82, 2.24) is 9.97 Å². The van der Waals surface area contributed by atoms with Crippen LogP contribution in [0.1, 0.15) is 39.0 Å². The largest absolute Gasteiger partial charge is 0.476 e. The van der Waals surface area contributed by atoms with Crippen LogP contribution in [0.25, 0.3) is 0 Å². The van der Waals surface area contributed by atoms with Crippen molar-refractivity contribution < 1.29 is 4.74 Å². The first kappa shape index (κ1) is 13.5. The quantitative estimate of drug-likeness (QED) is 0.790. The van der Waals surface area contributed by atoms with Crippen molar-refractivity contribution in [3.63, 3.8) is 0 Å². The number of nitrogen functional groups attached to an aromatic ring is 1. The minimum absolute atomic E-state index is 0.536.